The van der Waals surface area contributed by atoms with Gasteiger partial charge in [-0.15, -0.1) is 0 Å². The number of carbonyl (C=O) groups is 1. The van der Waals surface area contributed by atoms with Gasteiger partial charge in [0.15, 0.2) is 6.29 Å². The van der Waals surface area contributed by atoms with Gasteiger partial charge in [-0.3, -0.25) is 4.79 Å². The molecular weight excluding hydrogens is 320 g/mol. The van der Waals surface area contributed by atoms with Crippen molar-refractivity contribution in [2.75, 3.05) is 44.3 Å². The normalized spacial score (nSPS) is 24.0. The van der Waals surface area contributed by atoms with Crippen molar-refractivity contribution in [2.45, 2.75) is 33.2 Å². The Hall–Kier alpha value is -1.79. The Labute approximate surface area is 149 Å². The van der Waals surface area contributed by atoms with Crippen molar-refractivity contribution in [3.05, 3.63) is 24.3 Å². The van der Waals surface area contributed by atoms with Crippen LogP contribution in [0.3, 0.4) is 0 Å². The molecule has 2 atom stereocenters. The van der Waals surface area contributed by atoms with Gasteiger partial charge in [-0.25, -0.2) is 0 Å². The number of rotatable bonds is 5. The predicted molar refractivity (Wildman–Crippen MR) is 95.9 cm³/mol. The summed E-state index contributed by atoms with van der Waals surface area (Å²) in [5, 5.41) is 0. The second kappa shape index (κ2) is 8.06. The van der Waals surface area contributed by atoms with Gasteiger partial charge in [-0.05, 0) is 24.3 Å². The van der Waals surface area contributed by atoms with E-state index >= 15 is 0 Å². The average Bonchev–Trinajstić information content (AvgIpc) is 3.10. The zero-order valence-electron chi connectivity index (χ0n) is 15.3. The van der Waals surface area contributed by atoms with Crippen LogP contribution in [-0.4, -0.2) is 62.6 Å². The molecule has 2 heterocycles. The summed E-state index contributed by atoms with van der Waals surface area (Å²) in [7, 11) is 0. The van der Waals surface area contributed by atoms with Crippen molar-refractivity contribution >= 4 is 11.6 Å². The molecule has 0 aliphatic carbocycles. The van der Waals surface area contributed by atoms with E-state index in [0.29, 0.717) is 19.1 Å². The minimum absolute atomic E-state index is 0.00765. The minimum Gasteiger partial charge on any atom is -0.491 e. The van der Waals surface area contributed by atoms with E-state index in [1.54, 1.807) is 6.92 Å². The summed E-state index contributed by atoms with van der Waals surface area (Å²) in [4.78, 5) is 15.6. The van der Waals surface area contributed by atoms with E-state index in [2.05, 4.69) is 30.9 Å². The van der Waals surface area contributed by atoms with E-state index in [-0.39, 0.29) is 18.3 Å². The fraction of sp³-hybridized carbons (Fsp3) is 0.632. The standard InChI is InChI=1S/C19H28N2O4/c1-14(2)19-24-13-18(25-19)12-23-17-6-4-16(5-7-17)21-10-8-20(9-11-21)15(3)22/h4-7,14,18-19H,8-13H2,1-3H3. The van der Waals surface area contributed by atoms with Crippen molar-refractivity contribution < 1.29 is 19.0 Å². The Morgan fingerprint density at radius 3 is 2.44 bits per heavy atom. The third kappa shape index (κ3) is 4.64. The first-order valence-corrected chi connectivity index (χ1v) is 9.03. The van der Waals surface area contributed by atoms with Crippen LogP contribution >= 0.6 is 0 Å². The van der Waals surface area contributed by atoms with Crippen LogP contribution in [0.1, 0.15) is 20.8 Å². The molecule has 0 aromatic heterocycles. The van der Waals surface area contributed by atoms with Crippen LogP contribution in [0.2, 0.25) is 0 Å². The smallest absolute Gasteiger partial charge is 0.219 e. The molecule has 0 bridgehead atoms. The molecule has 1 amide bonds. The first kappa shape index (κ1) is 18.0. The molecule has 6 heteroatoms. The van der Waals surface area contributed by atoms with Gasteiger partial charge in [-0.2, -0.15) is 0 Å². The van der Waals surface area contributed by atoms with Crippen molar-refractivity contribution in [3.63, 3.8) is 0 Å². The van der Waals surface area contributed by atoms with Gasteiger partial charge in [0.25, 0.3) is 0 Å². The van der Waals surface area contributed by atoms with Gasteiger partial charge >= 0.3 is 0 Å². The number of hydrogen-bond donors (Lipinski definition) is 0. The topological polar surface area (TPSA) is 51.2 Å². The first-order chi connectivity index (χ1) is 12.0. The van der Waals surface area contributed by atoms with Crippen LogP contribution in [-0.2, 0) is 14.3 Å². The SMILES string of the molecule is CC(=O)N1CCN(c2ccc(OCC3COC(C(C)C)O3)cc2)CC1. The third-order valence-corrected chi connectivity index (χ3v) is 4.68. The molecule has 0 N–H and O–H groups in total. The largest absolute Gasteiger partial charge is 0.491 e. The molecule has 2 fully saturated rings. The van der Waals surface area contributed by atoms with Crippen molar-refractivity contribution in [2.24, 2.45) is 5.92 Å². The number of nitrogens with zero attached hydrogens (tertiary/aromatic N) is 2. The lowest BCUT2D eigenvalue weighted by Crippen LogP contribution is -2.48. The number of anilines is 1. The Bertz CT molecular complexity index is 567. The molecule has 25 heavy (non-hydrogen) atoms. The number of ether oxygens (including phenoxy) is 3. The van der Waals surface area contributed by atoms with Gasteiger partial charge in [0.1, 0.15) is 18.5 Å². The zero-order valence-corrected chi connectivity index (χ0v) is 15.3. The average molecular weight is 348 g/mol. The number of carbonyl (C=O) groups excluding carboxylic acids is 1. The molecule has 2 unspecified atom stereocenters. The van der Waals surface area contributed by atoms with E-state index < -0.39 is 0 Å². The van der Waals surface area contributed by atoms with Gasteiger partial charge in [0, 0.05) is 44.7 Å². The summed E-state index contributed by atoms with van der Waals surface area (Å²) < 4.78 is 17.2. The number of piperazine rings is 1. The van der Waals surface area contributed by atoms with Crippen LogP contribution < -0.4 is 9.64 Å². The summed E-state index contributed by atoms with van der Waals surface area (Å²) in [6.07, 6.45) is -0.128. The van der Waals surface area contributed by atoms with Gasteiger partial charge < -0.3 is 24.0 Å². The van der Waals surface area contributed by atoms with E-state index in [1.807, 2.05) is 17.0 Å². The highest BCUT2D eigenvalue weighted by atomic mass is 16.7. The second-order valence-electron chi connectivity index (χ2n) is 7.00. The van der Waals surface area contributed by atoms with Crippen LogP contribution in [0.4, 0.5) is 5.69 Å². The van der Waals surface area contributed by atoms with E-state index in [4.69, 9.17) is 14.2 Å². The highest BCUT2D eigenvalue weighted by Gasteiger charge is 2.28. The zero-order chi connectivity index (χ0) is 17.8. The van der Waals surface area contributed by atoms with Crippen LogP contribution in [0.5, 0.6) is 5.75 Å². The molecular formula is C19H28N2O4. The quantitative estimate of drug-likeness (QED) is 0.816. The lowest BCUT2D eigenvalue weighted by atomic mass is 10.2. The lowest BCUT2D eigenvalue weighted by Gasteiger charge is -2.35. The van der Waals surface area contributed by atoms with Gasteiger partial charge in [0.05, 0.1) is 6.61 Å². The Balaban J connectivity index is 1.46. The van der Waals surface area contributed by atoms with Gasteiger partial charge in [0.2, 0.25) is 5.91 Å². The van der Waals surface area contributed by atoms with Crippen LogP contribution in [0.25, 0.3) is 0 Å². The highest BCUT2D eigenvalue weighted by molar-refractivity contribution is 5.73. The van der Waals surface area contributed by atoms with Crippen LogP contribution in [0, 0.1) is 5.92 Å². The molecule has 138 valence electrons. The fourth-order valence-electron chi connectivity index (χ4n) is 3.13. The number of hydrogen-bond acceptors (Lipinski definition) is 5. The molecule has 0 spiro atoms. The fourth-order valence-corrected chi connectivity index (χ4v) is 3.13. The first-order valence-electron chi connectivity index (χ1n) is 9.03. The van der Waals surface area contributed by atoms with E-state index in [1.165, 1.54) is 0 Å². The molecule has 1 aromatic carbocycles. The minimum atomic E-state index is -0.121. The Morgan fingerprint density at radius 2 is 1.88 bits per heavy atom. The maximum Gasteiger partial charge on any atom is 0.219 e. The molecule has 2 saturated heterocycles. The van der Waals surface area contributed by atoms with Crippen LogP contribution in [0.15, 0.2) is 24.3 Å². The summed E-state index contributed by atoms with van der Waals surface area (Å²) in [6, 6.07) is 8.12. The van der Waals surface area contributed by atoms with Gasteiger partial charge in [-0.1, -0.05) is 13.8 Å². The number of benzene rings is 1. The number of amides is 1. The highest BCUT2D eigenvalue weighted by Crippen LogP contribution is 2.23. The molecule has 3 rings (SSSR count). The maximum absolute atomic E-state index is 11.4. The molecule has 6 nitrogen and oxygen atoms in total. The molecule has 2 aliphatic heterocycles. The molecule has 0 saturated carbocycles. The summed E-state index contributed by atoms with van der Waals surface area (Å²) >= 11 is 0. The molecule has 2 aliphatic rings. The lowest BCUT2D eigenvalue weighted by molar-refractivity contribution is -0.129. The Kier molecular flexibility index (Phi) is 5.81. The van der Waals surface area contributed by atoms with Crippen molar-refractivity contribution in [3.8, 4) is 5.75 Å². The van der Waals surface area contributed by atoms with Crippen molar-refractivity contribution in [1.82, 2.24) is 4.90 Å². The molecule has 0 radical (unpaired) electrons. The van der Waals surface area contributed by atoms with E-state index in [0.717, 1.165) is 37.6 Å². The third-order valence-electron chi connectivity index (χ3n) is 4.68. The summed E-state index contributed by atoms with van der Waals surface area (Å²) in [5.41, 5.74) is 1.16. The predicted octanol–water partition coefficient (Wildman–Crippen LogP) is 2.13. The monoisotopic (exact) mass is 348 g/mol. The second-order valence-corrected chi connectivity index (χ2v) is 7.00. The summed E-state index contributed by atoms with van der Waals surface area (Å²) in [5.74, 6) is 1.34. The van der Waals surface area contributed by atoms with Crippen molar-refractivity contribution in [1.29, 1.82) is 0 Å². The summed E-state index contributed by atoms with van der Waals surface area (Å²) in [6.45, 7) is 10.2. The van der Waals surface area contributed by atoms with E-state index in [9.17, 15) is 4.79 Å². The Morgan fingerprint density at radius 1 is 1.20 bits per heavy atom. The molecule has 1 aromatic rings. The maximum atomic E-state index is 11.4.